The van der Waals surface area contributed by atoms with Crippen molar-refractivity contribution in [1.29, 1.82) is 0 Å². The number of hydrogen-bond acceptors (Lipinski definition) is 3. The average Bonchev–Trinajstić information content (AvgIpc) is 2.45. The van der Waals surface area contributed by atoms with Crippen LogP contribution in [0.2, 0.25) is 0 Å². The lowest BCUT2D eigenvalue weighted by molar-refractivity contribution is -0.124. The Kier molecular flexibility index (Phi) is 4.73. The van der Waals surface area contributed by atoms with Crippen LogP contribution in [0.5, 0.6) is 0 Å². The number of carbonyl (C=O) groups is 1. The van der Waals surface area contributed by atoms with E-state index in [0.717, 1.165) is 5.56 Å². The van der Waals surface area contributed by atoms with E-state index in [-0.39, 0.29) is 11.5 Å². The van der Waals surface area contributed by atoms with Crippen LogP contribution < -0.4 is 0 Å². The van der Waals surface area contributed by atoms with Crippen LogP contribution in [0.3, 0.4) is 0 Å². The maximum Gasteiger partial charge on any atom is 0.156 e. The van der Waals surface area contributed by atoms with Gasteiger partial charge in [0.1, 0.15) is 5.60 Å². The minimum Gasteiger partial charge on any atom is -0.384 e. The Morgan fingerprint density at radius 3 is 2.36 bits per heavy atom. The number of rotatable bonds is 4. The monoisotopic (exact) mass is 320 g/mol. The van der Waals surface area contributed by atoms with E-state index in [1.807, 2.05) is 45.0 Å². The molecule has 0 saturated heterocycles. The smallest absolute Gasteiger partial charge is 0.156 e. The molecule has 0 spiro atoms. The summed E-state index contributed by atoms with van der Waals surface area (Å²) in [5, 5.41) is 11.2. The number of ketones is 1. The van der Waals surface area contributed by atoms with Gasteiger partial charge in [0.2, 0.25) is 0 Å². The molecule has 22 heavy (non-hydrogen) atoms. The first-order chi connectivity index (χ1) is 10.2. The maximum absolute atomic E-state index is 12.7. The second kappa shape index (κ2) is 6.09. The zero-order chi connectivity index (χ0) is 16.5. The molecule has 1 N–H and O–H groups in total. The molecule has 0 saturated carbocycles. The van der Waals surface area contributed by atoms with E-state index in [9.17, 15) is 14.1 Å². The third kappa shape index (κ3) is 2.95. The molecular weight excluding hydrogens is 296 g/mol. The van der Waals surface area contributed by atoms with E-state index in [1.165, 1.54) is 6.08 Å². The van der Waals surface area contributed by atoms with Gasteiger partial charge in [0.05, 0.1) is 16.6 Å². The second-order valence-corrected chi connectivity index (χ2v) is 8.00. The van der Waals surface area contributed by atoms with Crippen molar-refractivity contribution in [2.75, 3.05) is 5.75 Å². The Bertz CT molecular complexity index is 632. The Morgan fingerprint density at radius 1 is 1.23 bits per heavy atom. The molecule has 4 heteroatoms. The first-order valence-corrected chi connectivity index (χ1v) is 8.93. The number of carbonyl (C=O) groups excluding carboxylic acids is 1. The number of hydrogen-bond donors (Lipinski definition) is 1. The molecule has 0 aromatic heterocycles. The van der Waals surface area contributed by atoms with Crippen molar-refractivity contribution in [3.63, 3.8) is 0 Å². The molecule has 0 aliphatic heterocycles. The number of allylic oxidation sites excluding steroid dienone is 1. The van der Waals surface area contributed by atoms with Gasteiger partial charge in [-0.25, -0.2) is 0 Å². The molecule has 3 nitrogen and oxygen atoms in total. The van der Waals surface area contributed by atoms with Crippen LogP contribution in [0.1, 0.15) is 39.2 Å². The molecule has 3 atom stereocenters. The van der Waals surface area contributed by atoms with Crippen molar-refractivity contribution in [2.45, 2.75) is 51.0 Å². The van der Waals surface area contributed by atoms with E-state index in [2.05, 4.69) is 0 Å². The predicted octanol–water partition coefficient (Wildman–Crippen LogP) is 3.17. The summed E-state index contributed by atoms with van der Waals surface area (Å²) in [5.41, 5.74) is -0.0694. The van der Waals surface area contributed by atoms with E-state index in [4.69, 9.17) is 0 Å². The summed E-state index contributed by atoms with van der Waals surface area (Å²) in [5.74, 6) is 0.156. The van der Waals surface area contributed by atoms with E-state index >= 15 is 0 Å². The van der Waals surface area contributed by atoms with Crippen molar-refractivity contribution < 1.29 is 14.1 Å². The minimum atomic E-state index is -1.31. The summed E-state index contributed by atoms with van der Waals surface area (Å²) < 4.78 is 12.7. The Morgan fingerprint density at radius 2 is 1.82 bits per heavy atom. The molecule has 1 aromatic carbocycles. The van der Waals surface area contributed by atoms with Crippen LogP contribution in [0, 0.1) is 12.3 Å². The van der Waals surface area contributed by atoms with Gasteiger partial charge in [0, 0.05) is 16.7 Å². The van der Waals surface area contributed by atoms with Gasteiger partial charge in [-0.2, -0.15) is 0 Å². The Hall–Kier alpha value is -1.26. The first-order valence-electron chi connectivity index (χ1n) is 7.61. The SMILES string of the molecule is CC[C@@]1(C)CC(=O)C=C(C)[C@]1(O)C[S@@](=O)c1ccc(C)cc1. The van der Waals surface area contributed by atoms with Crippen LogP contribution in [-0.2, 0) is 15.6 Å². The summed E-state index contributed by atoms with van der Waals surface area (Å²) >= 11 is 0. The summed E-state index contributed by atoms with van der Waals surface area (Å²) in [6.45, 7) is 7.62. The van der Waals surface area contributed by atoms with Crippen LogP contribution in [0.15, 0.2) is 40.8 Å². The van der Waals surface area contributed by atoms with Gasteiger partial charge in [-0.1, -0.05) is 31.5 Å². The Balaban J connectivity index is 2.35. The third-order valence-electron chi connectivity index (χ3n) is 5.00. The van der Waals surface area contributed by atoms with Crippen LogP contribution in [-0.4, -0.2) is 26.5 Å². The molecule has 0 unspecified atom stereocenters. The van der Waals surface area contributed by atoms with Crippen molar-refractivity contribution in [1.82, 2.24) is 0 Å². The first kappa shape index (κ1) is 17.1. The summed E-state index contributed by atoms with van der Waals surface area (Å²) in [6, 6.07) is 7.52. The molecule has 1 aliphatic rings. The van der Waals surface area contributed by atoms with Gasteiger partial charge >= 0.3 is 0 Å². The van der Waals surface area contributed by atoms with E-state index < -0.39 is 21.8 Å². The van der Waals surface area contributed by atoms with Crippen molar-refractivity contribution in [2.24, 2.45) is 5.41 Å². The Labute approximate surface area is 134 Å². The lowest BCUT2D eigenvalue weighted by Crippen LogP contribution is -2.54. The van der Waals surface area contributed by atoms with E-state index in [1.54, 1.807) is 6.92 Å². The molecule has 1 aromatic rings. The predicted molar refractivity (Wildman–Crippen MR) is 89.2 cm³/mol. The molecule has 1 aliphatic carbocycles. The van der Waals surface area contributed by atoms with E-state index in [0.29, 0.717) is 23.3 Å². The van der Waals surface area contributed by atoms with Gasteiger partial charge < -0.3 is 5.11 Å². The number of aryl methyl sites for hydroxylation is 1. The van der Waals surface area contributed by atoms with Gasteiger partial charge in [-0.3, -0.25) is 9.00 Å². The summed E-state index contributed by atoms with van der Waals surface area (Å²) in [7, 11) is -1.31. The zero-order valence-corrected chi connectivity index (χ0v) is 14.5. The number of aliphatic hydroxyl groups is 1. The minimum absolute atomic E-state index is 0.0349. The standard InChI is InChI=1S/C18H24O3S/c1-5-17(4)11-15(19)10-14(3)18(17,20)12-22(21)16-8-6-13(2)7-9-16/h6-10,20H,5,11-12H2,1-4H3/t17-,18+,22+/m0/s1. The fraction of sp³-hybridized carbons (Fsp3) is 0.500. The van der Waals surface area contributed by atoms with Crippen LogP contribution in [0.25, 0.3) is 0 Å². The number of benzene rings is 1. The lowest BCUT2D eigenvalue weighted by Gasteiger charge is -2.47. The highest BCUT2D eigenvalue weighted by Gasteiger charge is 2.51. The molecule has 120 valence electrons. The van der Waals surface area contributed by atoms with Crippen LogP contribution in [0.4, 0.5) is 0 Å². The molecular formula is C18H24O3S. The van der Waals surface area contributed by atoms with Gasteiger partial charge in [0.25, 0.3) is 0 Å². The molecule has 0 heterocycles. The lowest BCUT2D eigenvalue weighted by atomic mass is 9.63. The highest BCUT2D eigenvalue weighted by atomic mass is 32.2. The van der Waals surface area contributed by atoms with Gasteiger partial charge in [-0.05, 0) is 44.1 Å². The molecule has 0 bridgehead atoms. The topological polar surface area (TPSA) is 54.4 Å². The van der Waals surface area contributed by atoms with Crippen LogP contribution >= 0.6 is 0 Å². The average molecular weight is 320 g/mol. The molecule has 2 rings (SSSR count). The summed E-state index contributed by atoms with van der Waals surface area (Å²) in [6.07, 6.45) is 2.46. The molecule has 0 fully saturated rings. The maximum atomic E-state index is 12.7. The summed E-state index contributed by atoms with van der Waals surface area (Å²) in [4.78, 5) is 12.6. The second-order valence-electron chi connectivity index (χ2n) is 6.55. The fourth-order valence-corrected chi connectivity index (χ4v) is 4.65. The highest BCUT2D eigenvalue weighted by Crippen LogP contribution is 2.46. The van der Waals surface area contributed by atoms with Gasteiger partial charge in [0.15, 0.2) is 5.78 Å². The quantitative estimate of drug-likeness (QED) is 0.927. The highest BCUT2D eigenvalue weighted by molar-refractivity contribution is 7.85. The third-order valence-corrected chi connectivity index (χ3v) is 6.47. The fourth-order valence-electron chi connectivity index (χ4n) is 3.09. The molecule has 0 amide bonds. The van der Waals surface area contributed by atoms with Crippen molar-refractivity contribution >= 4 is 16.6 Å². The largest absolute Gasteiger partial charge is 0.384 e. The molecule has 0 radical (unpaired) electrons. The normalized spacial score (nSPS) is 30.0. The van der Waals surface area contributed by atoms with Crippen molar-refractivity contribution in [3.05, 3.63) is 41.5 Å². The van der Waals surface area contributed by atoms with Gasteiger partial charge in [-0.15, -0.1) is 0 Å². The van der Waals surface area contributed by atoms with Crippen molar-refractivity contribution in [3.8, 4) is 0 Å². The zero-order valence-electron chi connectivity index (χ0n) is 13.7.